The number of alkyl halides is 3. The number of nitrogens with one attached hydrogen (secondary N) is 1. The molecule has 1 aromatic heterocycles. The van der Waals surface area contributed by atoms with Gasteiger partial charge in [0.2, 0.25) is 5.95 Å². The Labute approximate surface area is 177 Å². The van der Waals surface area contributed by atoms with Crippen LogP contribution in [0.5, 0.6) is 0 Å². The fraction of sp³-hybridized carbons (Fsp3) is 0.273. The van der Waals surface area contributed by atoms with E-state index >= 15 is 0 Å². The average molecular weight is 431 g/mol. The van der Waals surface area contributed by atoms with Gasteiger partial charge in [-0.05, 0) is 55.6 Å². The van der Waals surface area contributed by atoms with Crippen LogP contribution < -0.4 is 10.2 Å². The van der Waals surface area contributed by atoms with E-state index < -0.39 is 11.7 Å². The van der Waals surface area contributed by atoms with Gasteiger partial charge < -0.3 is 15.1 Å². The molecule has 0 atom stereocenters. The van der Waals surface area contributed by atoms with E-state index in [2.05, 4.69) is 20.2 Å². The molecule has 1 N–H and O–H groups in total. The van der Waals surface area contributed by atoms with Gasteiger partial charge in [-0.1, -0.05) is 0 Å². The Morgan fingerprint density at radius 2 is 1.65 bits per heavy atom. The van der Waals surface area contributed by atoms with Crippen molar-refractivity contribution in [2.24, 2.45) is 0 Å². The molecule has 1 saturated heterocycles. The van der Waals surface area contributed by atoms with Crippen LogP contribution in [0.15, 0.2) is 54.7 Å². The summed E-state index contributed by atoms with van der Waals surface area (Å²) in [7, 11) is 1.95. The molecule has 1 aliphatic rings. The zero-order valence-electron chi connectivity index (χ0n) is 16.8. The van der Waals surface area contributed by atoms with Crippen molar-refractivity contribution in [3.8, 4) is 11.3 Å². The van der Waals surface area contributed by atoms with E-state index in [9.17, 15) is 17.6 Å². The number of rotatable bonds is 4. The quantitative estimate of drug-likeness (QED) is 0.602. The molecule has 0 amide bonds. The van der Waals surface area contributed by atoms with E-state index in [4.69, 9.17) is 0 Å². The largest absolute Gasteiger partial charge is 0.418 e. The monoisotopic (exact) mass is 431 g/mol. The van der Waals surface area contributed by atoms with Crippen molar-refractivity contribution < 1.29 is 17.6 Å². The SMILES string of the molecule is CN1CCN(c2ccc(Nc3nccc(-c4ccc(F)cc4)n3)cc2C(F)(F)F)CC1. The van der Waals surface area contributed by atoms with E-state index in [1.165, 1.54) is 24.4 Å². The summed E-state index contributed by atoms with van der Waals surface area (Å²) in [5, 5.41) is 2.85. The second-order valence-electron chi connectivity index (χ2n) is 7.42. The number of hydrogen-bond acceptors (Lipinski definition) is 5. The summed E-state index contributed by atoms with van der Waals surface area (Å²) in [6.07, 6.45) is -3.00. The summed E-state index contributed by atoms with van der Waals surface area (Å²) in [5.41, 5.74) is 0.918. The van der Waals surface area contributed by atoms with Gasteiger partial charge in [0.25, 0.3) is 0 Å². The highest BCUT2D eigenvalue weighted by atomic mass is 19.4. The van der Waals surface area contributed by atoms with E-state index in [0.717, 1.165) is 6.07 Å². The first kappa shape index (κ1) is 21.0. The fourth-order valence-electron chi connectivity index (χ4n) is 3.49. The zero-order chi connectivity index (χ0) is 22.0. The van der Waals surface area contributed by atoms with Crippen LogP contribution in [0.25, 0.3) is 11.3 Å². The number of anilines is 3. The second kappa shape index (κ2) is 8.50. The van der Waals surface area contributed by atoms with Crippen LogP contribution in [0.4, 0.5) is 34.9 Å². The molecule has 5 nitrogen and oxygen atoms in total. The van der Waals surface area contributed by atoms with Crippen LogP contribution in [0.2, 0.25) is 0 Å². The summed E-state index contributed by atoms with van der Waals surface area (Å²) in [5.74, 6) is -0.210. The Bertz CT molecular complexity index is 1040. The highest BCUT2D eigenvalue weighted by molar-refractivity contribution is 5.66. The van der Waals surface area contributed by atoms with Gasteiger partial charge in [0.05, 0.1) is 11.3 Å². The smallest absolute Gasteiger partial charge is 0.368 e. The van der Waals surface area contributed by atoms with Crippen molar-refractivity contribution in [2.45, 2.75) is 6.18 Å². The van der Waals surface area contributed by atoms with Crippen molar-refractivity contribution in [1.29, 1.82) is 0 Å². The van der Waals surface area contributed by atoms with Crippen molar-refractivity contribution in [1.82, 2.24) is 14.9 Å². The van der Waals surface area contributed by atoms with Crippen LogP contribution in [-0.2, 0) is 6.18 Å². The van der Waals surface area contributed by atoms with Gasteiger partial charge in [0.1, 0.15) is 5.82 Å². The molecule has 0 saturated carbocycles. The topological polar surface area (TPSA) is 44.3 Å². The highest BCUT2D eigenvalue weighted by Gasteiger charge is 2.35. The predicted octanol–water partition coefficient (Wildman–Crippen LogP) is 4.80. The summed E-state index contributed by atoms with van der Waals surface area (Å²) in [6.45, 7) is 2.49. The van der Waals surface area contributed by atoms with Crippen molar-refractivity contribution >= 4 is 17.3 Å². The summed E-state index contributed by atoms with van der Waals surface area (Å²) in [6, 6.07) is 11.6. The van der Waals surface area contributed by atoms with Gasteiger partial charge in [-0.25, -0.2) is 14.4 Å². The summed E-state index contributed by atoms with van der Waals surface area (Å²) < 4.78 is 54.5. The number of aromatic nitrogens is 2. The molecule has 162 valence electrons. The Morgan fingerprint density at radius 3 is 2.32 bits per heavy atom. The number of nitrogens with zero attached hydrogens (tertiary/aromatic N) is 4. The fourth-order valence-corrected chi connectivity index (χ4v) is 3.49. The summed E-state index contributed by atoms with van der Waals surface area (Å²) in [4.78, 5) is 12.3. The van der Waals surface area contributed by atoms with Crippen LogP contribution in [0, 0.1) is 5.82 Å². The molecule has 0 bridgehead atoms. The van der Waals surface area contributed by atoms with Gasteiger partial charge in [0.15, 0.2) is 0 Å². The van der Waals surface area contributed by atoms with E-state index in [1.54, 1.807) is 29.2 Å². The number of hydrogen-bond donors (Lipinski definition) is 1. The van der Waals surface area contributed by atoms with Crippen LogP contribution >= 0.6 is 0 Å². The Balaban J connectivity index is 1.60. The molecular weight excluding hydrogens is 410 g/mol. The molecular formula is C22H21F4N5. The Morgan fingerprint density at radius 1 is 0.935 bits per heavy atom. The van der Waals surface area contributed by atoms with Crippen LogP contribution in [0.3, 0.4) is 0 Å². The lowest BCUT2D eigenvalue weighted by Crippen LogP contribution is -2.45. The average Bonchev–Trinajstić information content (AvgIpc) is 2.74. The normalized spacial score (nSPS) is 15.2. The maximum Gasteiger partial charge on any atom is 0.418 e. The second-order valence-corrected chi connectivity index (χ2v) is 7.42. The van der Waals surface area contributed by atoms with Gasteiger partial charge in [-0.2, -0.15) is 13.2 Å². The van der Waals surface area contributed by atoms with E-state index in [0.29, 0.717) is 37.4 Å². The number of benzene rings is 2. The first-order chi connectivity index (χ1) is 14.8. The van der Waals surface area contributed by atoms with Gasteiger partial charge in [-0.3, -0.25) is 0 Å². The van der Waals surface area contributed by atoms with Crippen LogP contribution in [0.1, 0.15) is 5.56 Å². The predicted molar refractivity (Wildman–Crippen MR) is 112 cm³/mol. The highest BCUT2D eigenvalue weighted by Crippen LogP contribution is 2.39. The minimum Gasteiger partial charge on any atom is -0.368 e. The lowest BCUT2D eigenvalue weighted by Gasteiger charge is -2.35. The molecule has 0 spiro atoms. The molecule has 1 fully saturated rings. The van der Waals surface area contributed by atoms with Crippen molar-refractivity contribution in [2.75, 3.05) is 43.4 Å². The molecule has 3 aromatic rings. The van der Waals surface area contributed by atoms with Gasteiger partial charge in [-0.15, -0.1) is 0 Å². The third-order valence-electron chi connectivity index (χ3n) is 5.20. The number of piperazine rings is 1. The molecule has 4 rings (SSSR count). The standard InChI is InChI=1S/C22H21F4N5/c1-30-10-12-31(13-11-30)20-7-6-17(14-18(20)22(24,25)26)28-21-27-9-8-19(29-21)15-2-4-16(23)5-3-15/h2-9,14H,10-13H2,1H3,(H,27,28,29). The molecule has 1 aliphatic heterocycles. The molecule has 31 heavy (non-hydrogen) atoms. The molecule has 9 heteroatoms. The zero-order valence-corrected chi connectivity index (χ0v) is 16.8. The Kier molecular flexibility index (Phi) is 5.77. The lowest BCUT2D eigenvalue weighted by molar-refractivity contribution is -0.137. The minimum atomic E-state index is -4.49. The van der Waals surface area contributed by atoms with Gasteiger partial charge >= 0.3 is 6.18 Å². The third kappa shape index (κ3) is 4.93. The summed E-state index contributed by atoms with van der Waals surface area (Å²) >= 11 is 0. The molecule has 0 aliphatic carbocycles. The minimum absolute atomic E-state index is 0.155. The van der Waals surface area contributed by atoms with E-state index in [1.807, 2.05) is 7.05 Å². The van der Waals surface area contributed by atoms with Crippen LogP contribution in [-0.4, -0.2) is 48.1 Å². The maximum atomic E-state index is 13.8. The lowest BCUT2D eigenvalue weighted by atomic mass is 10.1. The molecule has 2 aromatic carbocycles. The molecule has 2 heterocycles. The van der Waals surface area contributed by atoms with Crippen molar-refractivity contribution in [3.63, 3.8) is 0 Å². The van der Waals surface area contributed by atoms with E-state index in [-0.39, 0.29) is 23.1 Å². The molecule has 0 unspecified atom stereocenters. The first-order valence-electron chi connectivity index (χ1n) is 9.80. The van der Waals surface area contributed by atoms with Crippen molar-refractivity contribution in [3.05, 3.63) is 66.1 Å². The maximum absolute atomic E-state index is 13.8. The first-order valence-corrected chi connectivity index (χ1v) is 9.80. The molecule has 0 radical (unpaired) electrons. The Hall–Kier alpha value is -3.20. The number of likely N-dealkylation sites (N-methyl/N-ethyl adjacent to an activating group) is 1. The number of halogens is 4. The third-order valence-corrected chi connectivity index (χ3v) is 5.20. The van der Waals surface area contributed by atoms with Gasteiger partial charge in [0, 0.05) is 49.3 Å².